The Morgan fingerprint density at radius 1 is 1.11 bits per heavy atom. The molecule has 0 bridgehead atoms. The number of fused-ring (bicyclic) bond motifs is 5. The highest BCUT2D eigenvalue weighted by atomic mass is 35.5. The molecular weight excluding hydrogens is 592 g/mol. The summed E-state index contributed by atoms with van der Waals surface area (Å²) in [6, 6.07) is 6.55. The molecule has 4 saturated carbocycles. The van der Waals surface area contributed by atoms with Crippen LogP contribution in [0, 0.1) is 40.4 Å². The number of carbonyl (C=O) groups excluding carboxylic acids is 3. The van der Waals surface area contributed by atoms with Gasteiger partial charge in [-0.3, -0.25) is 24.7 Å². The number of Topliss-reactive ketones (excluding diaryl/α,β-unsaturated/α-hetero) is 1. The number of carbonyl (C=O) groups is 3. The van der Waals surface area contributed by atoms with E-state index >= 15 is 8.78 Å². The van der Waals surface area contributed by atoms with Gasteiger partial charge in [-0.05, 0) is 98.3 Å². The van der Waals surface area contributed by atoms with Crippen LogP contribution in [0.5, 0.6) is 0 Å². The molecule has 1 aromatic carbocycles. The second-order valence-electron chi connectivity index (χ2n) is 14.0. The first kappa shape index (κ1) is 31.4. The number of anilines is 1. The molecule has 6 rings (SSSR count). The SMILES string of the molecule is C[C@]12C[C@H](O)[C@@]3(F)[C@@H](C[C@H](F)C4=CC(=O)C=C[C@@]43C)[C@@H]1C[C@@H](CN(O)c1ccc(Cl)cc1)[C@@H]2C(=O)COC(=O)C1CCCC1. The van der Waals surface area contributed by atoms with Crippen LogP contribution >= 0.6 is 11.6 Å². The number of halogens is 3. The highest BCUT2D eigenvalue weighted by Gasteiger charge is 2.73. The summed E-state index contributed by atoms with van der Waals surface area (Å²) < 4.78 is 39.0. The lowest BCUT2D eigenvalue weighted by molar-refractivity contribution is -0.202. The highest BCUT2D eigenvalue weighted by molar-refractivity contribution is 6.30. The maximum absolute atomic E-state index is 17.6. The molecule has 238 valence electrons. The topological polar surface area (TPSA) is 104 Å². The van der Waals surface area contributed by atoms with Crippen LogP contribution in [0.1, 0.15) is 58.8 Å². The molecule has 1 aromatic rings. The van der Waals surface area contributed by atoms with E-state index in [1.54, 1.807) is 31.2 Å². The number of hydrogen-bond donors (Lipinski definition) is 2. The van der Waals surface area contributed by atoms with Crippen LogP contribution in [0.4, 0.5) is 14.5 Å². The molecular formula is C34H40ClF2NO6. The van der Waals surface area contributed by atoms with Gasteiger partial charge in [-0.25, -0.2) is 8.78 Å². The quantitative estimate of drug-likeness (QED) is 0.281. The molecule has 5 aliphatic rings. The number of aliphatic hydroxyl groups is 1. The van der Waals surface area contributed by atoms with Crippen LogP contribution in [0.2, 0.25) is 5.02 Å². The summed E-state index contributed by atoms with van der Waals surface area (Å²) in [7, 11) is 0. The minimum absolute atomic E-state index is 0.0126. The van der Waals surface area contributed by atoms with Crippen molar-refractivity contribution in [2.75, 3.05) is 18.2 Å². The predicted octanol–water partition coefficient (Wildman–Crippen LogP) is 6.00. The van der Waals surface area contributed by atoms with Gasteiger partial charge in [-0.2, -0.15) is 0 Å². The van der Waals surface area contributed by atoms with E-state index in [1.807, 2.05) is 6.92 Å². The van der Waals surface area contributed by atoms with Crippen LogP contribution in [-0.4, -0.2) is 58.9 Å². The van der Waals surface area contributed by atoms with Gasteiger partial charge in [0.2, 0.25) is 0 Å². The fourth-order valence-corrected chi connectivity index (χ4v) is 9.77. The number of ether oxygens (including phenoxy) is 1. The summed E-state index contributed by atoms with van der Waals surface area (Å²) in [6.07, 6.45) is 3.94. The van der Waals surface area contributed by atoms with Crippen molar-refractivity contribution in [2.45, 2.75) is 76.7 Å². The van der Waals surface area contributed by atoms with Crippen molar-refractivity contribution in [3.05, 3.63) is 53.1 Å². The minimum atomic E-state index is -2.28. The molecule has 0 amide bonds. The van der Waals surface area contributed by atoms with Gasteiger partial charge in [-0.1, -0.05) is 37.4 Å². The average Bonchev–Trinajstić information content (AvgIpc) is 3.61. The van der Waals surface area contributed by atoms with Gasteiger partial charge in [-0.15, -0.1) is 0 Å². The Morgan fingerprint density at radius 3 is 2.48 bits per heavy atom. The molecule has 7 nitrogen and oxygen atoms in total. The summed E-state index contributed by atoms with van der Waals surface area (Å²) in [5.74, 6) is -4.19. The Morgan fingerprint density at radius 2 is 1.80 bits per heavy atom. The van der Waals surface area contributed by atoms with Gasteiger partial charge in [0.15, 0.2) is 17.2 Å². The molecule has 2 N–H and O–H groups in total. The van der Waals surface area contributed by atoms with Crippen molar-refractivity contribution in [1.29, 1.82) is 0 Å². The van der Waals surface area contributed by atoms with Crippen molar-refractivity contribution >= 4 is 34.8 Å². The third-order valence-corrected chi connectivity index (χ3v) is 12.0. The van der Waals surface area contributed by atoms with Crippen LogP contribution in [0.25, 0.3) is 0 Å². The maximum Gasteiger partial charge on any atom is 0.309 e. The lowest BCUT2D eigenvalue weighted by atomic mass is 9.45. The Bertz CT molecular complexity index is 1390. The Kier molecular flexibility index (Phi) is 8.07. The normalized spacial score (nSPS) is 39.7. The lowest BCUT2D eigenvalue weighted by Crippen LogP contribution is -2.68. The number of benzene rings is 1. The number of nitrogens with zero attached hydrogens (tertiary/aromatic N) is 1. The Balaban J connectivity index is 1.34. The molecule has 4 fully saturated rings. The van der Waals surface area contributed by atoms with Gasteiger partial charge in [0.25, 0.3) is 0 Å². The smallest absolute Gasteiger partial charge is 0.309 e. The molecule has 5 aliphatic carbocycles. The largest absolute Gasteiger partial charge is 0.457 e. The number of allylic oxidation sites excluding steroid dienone is 4. The monoisotopic (exact) mass is 631 g/mol. The van der Waals surface area contributed by atoms with Crippen molar-refractivity contribution in [3.8, 4) is 0 Å². The summed E-state index contributed by atoms with van der Waals surface area (Å²) in [5, 5.41) is 24.3. The zero-order valence-electron chi connectivity index (χ0n) is 25.1. The zero-order chi connectivity index (χ0) is 31.6. The van der Waals surface area contributed by atoms with Crippen LogP contribution < -0.4 is 5.06 Å². The average molecular weight is 632 g/mol. The molecule has 0 aromatic heterocycles. The first-order valence-corrected chi connectivity index (χ1v) is 16.0. The molecule has 0 heterocycles. The second kappa shape index (κ2) is 11.3. The van der Waals surface area contributed by atoms with Gasteiger partial charge >= 0.3 is 5.97 Å². The summed E-state index contributed by atoms with van der Waals surface area (Å²) in [6.45, 7) is 2.94. The van der Waals surface area contributed by atoms with Gasteiger partial charge in [0.1, 0.15) is 12.8 Å². The first-order chi connectivity index (χ1) is 20.8. The van der Waals surface area contributed by atoms with E-state index < -0.39 is 70.8 Å². The van der Waals surface area contributed by atoms with Gasteiger partial charge in [0, 0.05) is 28.8 Å². The minimum Gasteiger partial charge on any atom is -0.457 e. The van der Waals surface area contributed by atoms with Crippen molar-refractivity contribution in [1.82, 2.24) is 0 Å². The number of alkyl halides is 2. The fourth-order valence-electron chi connectivity index (χ4n) is 9.65. The number of ketones is 2. The number of rotatable bonds is 7. The summed E-state index contributed by atoms with van der Waals surface area (Å²) in [5.41, 5.74) is -4.29. The molecule has 9 atom stereocenters. The van der Waals surface area contributed by atoms with E-state index in [1.165, 1.54) is 12.2 Å². The molecule has 0 radical (unpaired) electrons. The highest BCUT2D eigenvalue weighted by Crippen LogP contribution is 2.70. The lowest BCUT2D eigenvalue weighted by Gasteiger charge is -2.62. The van der Waals surface area contributed by atoms with Crippen molar-refractivity contribution in [2.24, 2.45) is 40.4 Å². The van der Waals surface area contributed by atoms with Crippen molar-refractivity contribution in [3.63, 3.8) is 0 Å². The van der Waals surface area contributed by atoms with Gasteiger partial charge < -0.3 is 9.84 Å². The Labute approximate surface area is 261 Å². The molecule has 0 spiro atoms. The molecule has 44 heavy (non-hydrogen) atoms. The predicted molar refractivity (Wildman–Crippen MR) is 160 cm³/mol. The van der Waals surface area contributed by atoms with E-state index in [0.717, 1.165) is 36.8 Å². The van der Waals surface area contributed by atoms with Crippen LogP contribution in [0.15, 0.2) is 48.1 Å². The Hall–Kier alpha value is -2.62. The number of aliphatic hydroxyl groups excluding tert-OH is 1. The molecule has 0 unspecified atom stereocenters. The van der Waals surface area contributed by atoms with E-state index in [0.29, 0.717) is 17.1 Å². The number of esters is 1. The van der Waals surface area contributed by atoms with Crippen molar-refractivity contribution < 1.29 is 38.2 Å². The van der Waals surface area contributed by atoms with E-state index in [9.17, 15) is 24.7 Å². The van der Waals surface area contributed by atoms with E-state index in [-0.39, 0.29) is 36.7 Å². The standard InChI is InChI=1S/C34H40ClF2NO6/c1-32-16-29(41)34(37)25(15-27(36)26-14-23(39)11-12-33(26,34)2)24(32)13-20(17-38(43)22-9-7-21(35)8-10-22)30(32)28(40)18-44-31(42)19-5-3-4-6-19/h7-12,14,19-20,24-25,27,29-30,41,43H,3-6,13,15-18H2,1-2H3/t20-,24-,25-,27-,29-,30+,32-,33-,34-/m0/s1. The zero-order valence-corrected chi connectivity index (χ0v) is 25.8. The maximum atomic E-state index is 17.6. The first-order valence-electron chi connectivity index (χ1n) is 15.7. The third kappa shape index (κ3) is 4.85. The molecule has 10 heteroatoms. The third-order valence-electron chi connectivity index (χ3n) is 11.7. The second-order valence-corrected chi connectivity index (χ2v) is 14.5. The number of hydrogen-bond acceptors (Lipinski definition) is 7. The molecule has 0 saturated heterocycles. The number of hydroxylamine groups is 1. The van der Waals surface area contributed by atoms with E-state index in [4.69, 9.17) is 16.3 Å². The molecule has 0 aliphatic heterocycles. The van der Waals surface area contributed by atoms with Crippen LogP contribution in [0.3, 0.4) is 0 Å². The fraction of sp³-hybridized carbons (Fsp3) is 0.618. The van der Waals surface area contributed by atoms with Crippen LogP contribution in [-0.2, 0) is 19.1 Å². The van der Waals surface area contributed by atoms with Gasteiger partial charge in [0.05, 0.1) is 17.7 Å². The summed E-state index contributed by atoms with van der Waals surface area (Å²) >= 11 is 6.03. The van der Waals surface area contributed by atoms with E-state index in [2.05, 4.69) is 0 Å². The summed E-state index contributed by atoms with van der Waals surface area (Å²) in [4.78, 5) is 38.9.